The van der Waals surface area contributed by atoms with E-state index in [2.05, 4.69) is 28.3 Å². The molecule has 2 aromatic rings. The Kier molecular flexibility index (Phi) is 5.75. The highest BCUT2D eigenvalue weighted by Crippen LogP contribution is 2.21. The first-order valence-corrected chi connectivity index (χ1v) is 9.51. The van der Waals surface area contributed by atoms with Crippen LogP contribution in [0.3, 0.4) is 0 Å². The maximum absolute atomic E-state index is 12.8. The Morgan fingerprint density at radius 2 is 1.85 bits per heavy atom. The van der Waals surface area contributed by atoms with Crippen LogP contribution in [0, 0.1) is 13.8 Å². The van der Waals surface area contributed by atoms with Crippen molar-refractivity contribution in [3.8, 4) is 0 Å². The number of rotatable bonds is 5. The predicted octanol–water partition coefficient (Wildman–Crippen LogP) is 2.72. The fourth-order valence-corrected chi connectivity index (χ4v) is 3.92. The highest BCUT2D eigenvalue weighted by Gasteiger charge is 2.25. The largest absolute Gasteiger partial charge is 0.346 e. The van der Waals surface area contributed by atoms with Gasteiger partial charge in [0.05, 0.1) is 12.1 Å². The van der Waals surface area contributed by atoms with Gasteiger partial charge in [0.1, 0.15) is 0 Å². The number of carbonyl (C=O) groups is 2. The maximum Gasteiger partial charge on any atom is 0.255 e. The summed E-state index contributed by atoms with van der Waals surface area (Å²) in [6, 6.07) is 5.90. The van der Waals surface area contributed by atoms with Gasteiger partial charge in [-0.1, -0.05) is 0 Å². The summed E-state index contributed by atoms with van der Waals surface area (Å²) in [5.41, 5.74) is 3.59. The second-order valence-electron chi connectivity index (χ2n) is 7.48. The van der Waals surface area contributed by atoms with Crippen molar-refractivity contribution < 1.29 is 9.59 Å². The van der Waals surface area contributed by atoms with Crippen LogP contribution >= 0.6 is 0 Å². The molecule has 0 saturated carbocycles. The van der Waals surface area contributed by atoms with Gasteiger partial charge in [0.2, 0.25) is 0 Å². The van der Waals surface area contributed by atoms with Gasteiger partial charge in [-0.2, -0.15) is 0 Å². The molecule has 1 amide bonds. The molecule has 27 heavy (non-hydrogen) atoms. The minimum atomic E-state index is 0.00885. The summed E-state index contributed by atoms with van der Waals surface area (Å²) in [4.78, 5) is 33.3. The number of Topliss-reactive ketones (excluding diaryl/α,β-unsaturated/α-hetero) is 1. The standard InChI is InChI=1S/C21H28N4O2/c1-15(2)25-16(3)12-19(17(25)4)20(26)14-23-8-10-24(11-9-23)21(27)18-6-5-7-22-13-18/h5-7,12-13,15H,8-11,14H2,1-4H3. The predicted molar refractivity (Wildman–Crippen MR) is 105 cm³/mol. The second-order valence-corrected chi connectivity index (χ2v) is 7.48. The number of aryl methyl sites for hydroxylation is 1. The van der Waals surface area contributed by atoms with Crippen molar-refractivity contribution in [2.45, 2.75) is 33.7 Å². The minimum Gasteiger partial charge on any atom is -0.346 e. The molecule has 0 unspecified atom stereocenters. The fraction of sp³-hybridized carbons (Fsp3) is 0.476. The summed E-state index contributed by atoms with van der Waals surface area (Å²) in [6.07, 6.45) is 3.26. The van der Waals surface area contributed by atoms with Crippen LogP contribution < -0.4 is 0 Å². The lowest BCUT2D eigenvalue weighted by atomic mass is 10.1. The molecule has 1 aliphatic rings. The average Bonchev–Trinajstić information content (AvgIpc) is 2.97. The van der Waals surface area contributed by atoms with E-state index >= 15 is 0 Å². The van der Waals surface area contributed by atoms with Crippen molar-refractivity contribution in [2.24, 2.45) is 0 Å². The molecule has 1 aliphatic heterocycles. The van der Waals surface area contributed by atoms with Crippen LogP contribution in [0.15, 0.2) is 30.6 Å². The number of hydrogen-bond donors (Lipinski definition) is 0. The van der Waals surface area contributed by atoms with Crippen molar-refractivity contribution in [3.63, 3.8) is 0 Å². The zero-order chi connectivity index (χ0) is 19.6. The summed E-state index contributed by atoms with van der Waals surface area (Å²) in [7, 11) is 0. The number of pyridine rings is 1. The number of piperazine rings is 1. The third kappa shape index (κ3) is 4.11. The summed E-state index contributed by atoms with van der Waals surface area (Å²) in [5, 5.41) is 0. The lowest BCUT2D eigenvalue weighted by molar-refractivity contribution is 0.0624. The Balaban J connectivity index is 1.59. The first-order chi connectivity index (χ1) is 12.9. The summed E-state index contributed by atoms with van der Waals surface area (Å²) in [6.45, 7) is 11.4. The Morgan fingerprint density at radius 1 is 1.15 bits per heavy atom. The number of carbonyl (C=O) groups excluding carboxylic acids is 2. The normalized spacial score (nSPS) is 15.4. The molecule has 0 radical (unpaired) electrons. The van der Waals surface area contributed by atoms with E-state index in [1.165, 1.54) is 0 Å². The number of aromatic nitrogens is 2. The Morgan fingerprint density at radius 3 is 2.41 bits per heavy atom. The highest BCUT2D eigenvalue weighted by molar-refractivity contribution is 5.99. The van der Waals surface area contributed by atoms with Crippen LogP contribution in [0.25, 0.3) is 0 Å². The maximum atomic E-state index is 12.8. The molecular formula is C21H28N4O2. The molecule has 3 heterocycles. The smallest absolute Gasteiger partial charge is 0.255 e. The summed E-state index contributed by atoms with van der Waals surface area (Å²) >= 11 is 0. The SMILES string of the molecule is Cc1cc(C(=O)CN2CCN(C(=O)c3cccnc3)CC2)c(C)n1C(C)C. The van der Waals surface area contributed by atoms with Crippen LogP contribution in [-0.2, 0) is 0 Å². The Hall–Kier alpha value is -2.47. The first-order valence-electron chi connectivity index (χ1n) is 9.51. The van der Waals surface area contributed by atoms with Gasteiger partial charge in [0, 0.05) is 61.6 Å². The van der Waals surface area contributed by atoms with Gasteiger partial charge in [0.15, 0.2) is 5.78 Å². The van der Waals surface area contributed by atoms with Gasteiger partial charge < -0.3 is 9.47 Å². The van der Waals surface area contributed by atoms with E-state index in [-0.39, 0.29) is 11.7 Å². The zero-order valence-corrected chi connectivity index (χ0v) is 16.6. The third-order valence-electron chi connectivity index (χ3n) is 5.24. The van der Waals surface area contributed by atoms with Crippen molar-refractivity contribution in [3.05, 3.63) is 53.1 Å². The molecule has 0 spiro atoms. The molecule has 6 nitrogen and oxygen atoms in total. The third-order valence-corrected chi connectivity index (χ3v) is 5.24. The van der Waals surface area contributed by atoms with Crippen LogP contribution in [-0.4, -0.2) is 63.8 Å². The molecular weight excluding hydrogens is 340 g/mol. The zero-order valence-electron chi connectivity index (χ0n) is 16.6. The molecule has 6 heteroatoms. The van der Waals surface area contributed by atoms with Crippen LogP contribution in [0.1, 0.15) is 52.0 Å². The fourth-order valence-electron chi connectivity index (χ4n) is 3.92. The van der Waals surface area contributed by atoms with Crippen molar-refractivity contribution in [2.75, 3.05) is 32.7 Å². The molecule has 0 bridgehead atoms. The van der Waals surface area contributed by atoms with E-state index in [1.54, 1.807) is 24.5 Å². The Labute approximate surface area is 160 Å². The van der Waals surface area contributed by atoms with E-state index in [1.807, 2.05) is 24.8 Å². The molecule has 0 N–H and O–H groups in total. The molecule has 3 rings (SSSR count). The monoisotopic (exact) mass is 368 g/mol. The van der Waals surface area contributed by atoms with Crippen molar-refractivity contribution in [1.29, 1.82) is 0 Å². The molecule has 1 saturated heterocycles. The van der Waals surface area contributed by atoms with E-state index in [9.17, 15) is 9.59 Å². The molecule has 1 fully saturated rings. The molecule has 0 atom stereocenters. The Bertz CT molecular complexity index is 818. The van der Waals surface area contributed by atoms with Gasteiger partial charge >= 0.3 is 0 Å². The van der Waals surface area contributed by atoms with Gasteiger partial charge in [-0.05, 0) is 45.9 Å². The lowest BCUT2D eigenvalue weighted by Gasteiger charge is -2.34. The van der Waals surface area contributed by atoms with Crippen LogP contribution in [0.5, 0.6) is 0 Å². The van der Waals surface area contributed by atoms with Crippen LogP contribution in [0.2, 0.25) is 0 Å². The molecule has 144 valence electrons. The topological polar surface area (TPSA) is 58.4 Å². The van der Waals surface area contributed by atoms with Crippen LogP contribution in [0.4, 0.5) is 0 Å². The lowest BCUT2D eigenvalue weighted by Crippen LogP contribution is -2.49. The molecule has 0 aliphatic carbocycles. The number of nitrogens with zero attached hydrogens (tertiary/aromatic N) is 4. The van der Waals surface area contributed by atoms with Gasteiger partial charge in [-0.25, -0.2) is 0 Å². The van der Waals surface area contributed by atoms with Crippen molar-refractivity contribution in [1.82, 2.24) is 19.4 Å². The van der Waals surface area contributed by atoms with Crippen molar-refractivity contribution >= 4 is 11.7 Å². The summed E-state index contributed by atoms with van der Waals surface area (Å²) < 4.78 is 2.21. The van der Waals surface area contributed by atoms with Gasteiger partial charge in [-0.3, -0.25) is 19.5 Å². The number of hydrogen-bond acceptors (Lipinski definition) is 4. The quantitative estimate of drug-likeness (QED) is 0.762. The van der Waals surface area contributed by atoms with E-state index in [4.69, 9.17) is 0 Å². The number of amides is 1. The highest BCUT2D eigenvalue weighted by atomic mass is 16.2. The van der Waals surface area contributed by atoms with Gasteiger partial charge in [0.25, 0.3) is 5.91 Å². The number of ketones is 1. The first kappa shape index (κ1) is 19.3. The van der Waals surface area contributed by atoms with Gasteiger partial charge in [-0.15, -0.1) is 0 Å². The van der Waals surface area contributed by atoms with E-state index < -0.39 is 0 Å². The minimum absolute atomic E-state index is 0.00885. The summed E-state index contributed by atoms with van der Waals surface area (Å²) in [5.74, 6) is 0.164. The second kappa shape index (κ2) is 8.05. The van der Waals surface area contributed by atoms with E-state index in [0.29, 0.717) is 44.3 Å². The molecule has 2 aromatic heterocycles. The van der Waals surface area contributed by atoms with E-state index in [0.717, 1.165) is 17.0 Å². The average molecular weight is 368 g/mol. The molecule has 0 aromatic carbocycles.